The predicted octanol–water partition coefficient (Wildman–Crippen LogP) is 3.97. The zero-order valence-corrected chi connectivity index (χ0v) is 16.0. The topological polar surface area (TPSA) is 88.2 Å². The van der Waals surface area contributed by atoms with Crippen LogP contribution in [0.3, 0.4) is 0 Å². The molecule has 4 N–H and O–H groups in total. The highest BCUT2D eigenvalue weighted by atomic mass is 35.5. The molecule has 5 nitrogen and oxygen atoms in total. The molecule has 138 valence electrons. The van der Waals surface area contributed by atoms with Gasteiger partial charge in [-0.25, -0.2) is 0 Å². The zero-order valence-electron chi connectivity index (χ0n) is 15.2. The smallest absolute Gasteiger partial charge is 0.314 e. The van der Waals surface area contributed by atoms with Gasteiger partial charge in [-0.3, -0.25) is 10.2 Å². The van der Waals surface area contributed by atoms with E-state index in [-0.39, 0.29) is 23.8 Å². The van der Waals surface area contributed by atoms with Crippen LogP contribution >= 0.6 is 11.6 Å². The average Bonchev–Trinajstić information content (AvgIpc) is 2.56. The molecule has 1 aliphatic carbocycles. The molecule has 1 aromatic carbocycles. The standard InChI is InChI=1S/C19H28ClN3O2/c1-11(2)15-9-16(20)12(3)8-17(15)25-18(24)14-6-4-13(5-7-14)10-23-19(21)22/h8-9,11,13-14H,4-7,10H2,1-3H3,(H4,21,22,23)/t13-,14-. The molecular weight excluding hydrogens is 338 g/mol. The lowest BCUT2D eigenvalue weighted by Crippen LogP contribution is -2.36. The second-order valence-electron chi connectivity index (χ2n) is 7.23. The van der Waals surface area contributed by atoms with Crippen LogP contribution in [0, 0.1) is 24.2 Å². The lowest BCUT2D eigenvalue weighted by atomic mass is 9.82. The fraction of sp³-hybridized carbons (Fsp3) is 0.579. The van der Waals surface area contributed by atoms with Gasteiger partial charge in [-0.1, -0.05) is 25.4 Å². The first-order valence-electron chi connectivity index (χ1n) is 8.87. The molecule has 0 aliphatic heterocycles. The number of halogens is 1. The van der Waals surface area contributed by atoms with Gasteiger partial charge in [0.25, 0.3) is 0 Å². The Morgan fingerprint density at radius 3 is 2.56 bits per heavy atom. The number of benzene rings is 1. The van der Waals surface area contributed by atoms with Gasteiger partial charge in [0.1, 0.15) is 5.75 Å². The molecule has 1 fully saturated rings. The number of nitrogens with two attached hydrogens (primary N) is 1. The number of carbonyl (C=O) groups is 1. The molecule has 2 rings (SSSR count). The molecule has 25 heavy (non-hydrogen) atoms. The second-order valence-corrected chi connectivity index (χ2v) is 7.63. The summed E-state index contributed by atoms with van der Waals surface area (Å²) in [6.07, 6.45) is 3.51. The van der Waals surface area contributed by atoms with Crippen molar-refractivity contribution in [2.24, 2.45) is 17.6 Å². The Morgan fingerprint density at radius 1 is 1.36 bits per heavy atom. The Balaban J connectivity index is 1.97. The van der Waals surface area contributed by atoms with E-state index in [0.29, 0.717) is 23.2 Å². The Morgan fingerprint density at radius 2 is 2.00 bits per heavy atom. The van der Waals surface area contributed by atoms with Crippen molar-refractivity contribution in [1.29, 1.82) is 5.41 Å². The third kappa shape index (κ3) is 5.36. The van der Waals surface area contributed by atoms with Gasteiger partial charge in [-0.15, -0.1) is 0 Å². The number of rotatable bonds is 5. The van der Waals surface area contributed by atoms with Crippen molar-refractivity contribution in [2.75, 3.05) is 6.54 Å². The fourth-order valence-electron chi connectivity index (χ4n) is 3.26. The van der Waals surface area contributed by atoms with Crippen LogP contribution in [-0.4, -0.2) is 18.5 Å². The number of hydrogen-bond acceptors (Lipinski definition) is 3. The summed E-state index contributed by atoms with van der Waals surface area (Å²) in [5.41, 5.74) is 7.19. The highest BCUT2D eigenvalue weighted by molar-refractivity contribution is 6.31. The monoisotopic (exact) mass is 365 g/mol. The third-order valence-corrected chi connectivity index (χ3v) is 5.29. The van der Waals surface area contributed by atoms with E-state index in [0.717, 1.165) is 36.8 Å². The molecular formula is C19H28ClN3O2. The summed E-state index contributed by atoms with van der Waals surface area (Å²) in [5.74, 6) is 1.10. The van der Waals surface area contributed by atoms with E-state index in [2.05, 4.69) is 19.2 Å². The van der Waals surface area contributed by atoms with E-state index in [1.807, 2.05) is 19.1 Å². The Labute approximate surface area is 154 Å². The minimum atomic E-state index is -0.151. The van der Waals surface area contributed by atoms with Gasteiger partial charge in [0.05, 0.1) is 5.92 Å². The molecule has 0 atom stereocenters. The van der Waals surface area contributed by atoms with Crippen molar-refractivity contribution in [3.05, 3.63) is 28.3 Å². The van der Waals surface area contributed by atoms with Gasteiger partial charge >= 0.3 is 5.97 Å². The van der Waals surface area contributed by atoms with Crippen LogP contribution in [0.15, 0.2) is 12.1 Å². The van der Waals surface area contributed by atoms with Crippen LogP contribution in [0.1, 0.15) is 56.6 Å². The number of ether oxygens (including phenoxy) is 1. The molecule has 1 aromatic rings. The van der Waals surface area contributed by atoms with Crippen molar-refractivity contribution in [1.82, 2.24) is 5.32 Å². The van der Waals surface area contributed by atoms with E-state index in [1.165, 1.54) is 0 Å². The van der Waals surface area contributed by atoms with Gasteiger partial charge in [-0.2, -0.15) is 0 Å². The molecule has 0 bridgehead atoms. The normalized spacial score (nSPS) is 20.4. The average molecular weight is 366 g/mol. The number of nitrogens with one attached hydrogen (secondary N) is 2. The summed E-state index contributed by atoms with van der Waals surface area (Å²) in [7, 11) is 0. The molecule has 6 heteroatoms. The first-order valence-corrected chi connectivity index (χ1v) is 9.25. The Hall–Kier alpha value is -1.75. The molecule has 1 saturated carbocycles. The van der Waals surface area contributed by atoms with E-state index in [9.17, 15) is 4.79 Å². The maximum Gasteiger partial charge on any atom is 0.314 e. The predicted molar refractivity (Wildman–Crippen MR) is 101 cm³/mol. The molecule has 0 spiro atoms. The summed E-state index contributed by atoms with van der Waals surface area (Å²) in [4.78, 5) is 12.6. The summed E-state index contributed by atoms with van der Waals surface area (Å²) in [5, 5.41) is 10.8. The van der Waals surface area contributed by atoms with E-state index < -0.39 is 0 Å². The Kier molecular flexibility index (Phi) is 6.71. The van der Waals surface area contributed by atoms with Crippen LogP contribution in [-0.2, 0) is 4.79 Å². The third-order valence-electron chi connectivity index (χ3n) is 4.88. The van der Waals surface area contributed by atoms with Gasteiger partial charge < -0.3 is 15.8 Å². The minimum Gasteiger partial charge on any atom is -0.426 e. The molecule has 0 amide bonds. The maximum atomic E-state index is 12.6. The zero-order chi connectivity index (χ0) is 18.6. The highest BCUT2D eigenvalue weighted by Crippen LogP contribution is 2.34. The maximum absolute atomic E-state index is 12.6. The number of guanidine groups is 1. The van der Waals surface area contributed by atoms with Crippen molar-refractivity contribution in [2.45, 2.75) is 52.4 Å². The van der Waals surface area contributed by atoms with Crippen LogP contribution in [0.4, 0.5) is 0 Å². The van der Waals surface area contributed by atoms with Crippen LogP contribution in [0.2, 0.25) is 5.02 Å². The second kappa shape index (κ2) is 8.56. The highest BCUT2D eigenvalue weighted by Gasteiger charge is 2.28. The first-order chi connectivity index (χ1) is 11.8. The van der Waals surface area contributed by atoms with Crippen LogP contribution in [0.5, 0.6) is 5.75 Å². The molecule has 0 aromatic heterocycles. The van der Waals surface area contributed by atoms with Crippen molar-refractivity contribution in [3.8, 4) is 5.75 Å². The van der Waals surface area contributed by atoms with Gasteiger partial charge in [0.15, 0.2) is 5.96 Å². The number of hydrogen-bond donors (Lipinski definition) is 3. The van der Waals surface area contributed by atoms with E-state index in [4.69, 9.17) is 27.5 Å². The first kappa shape index (κ1) is 19.6. The number of esters is 1. The fourth-order valence-corrected chi connectivity index (χ4v) is 3.43. The molecule has 0 heterocycles. The number of carbonyl (C=O) groups excluding carboxylic acids is 1. The molecule has 1 aliphatic rings. The Bertz CT molecular complexity index is 638. The van der Waals surface area contributed by atoms with E-state index in [1.54, 1.807) is 0 Å². The summed E-state index contributed by atoms with van der Waals surface area (Å²) in [6.45, 7) is 6.74. The molecule has 0 radical (unpaired) electrons. The minimum absolute atomic E-state index is 0.000793. The van der Waals surface area contributed by atoms with Crippen molar-refractivity contribution < 1.29 is 9.53 Å². The van der Waals surface area contributed by atoms with Gasteiger partial charge in [0, 0.05) is 11.6 Å². The number of aryl methyl sites for hydroxylation is 1. The largest absolute Gasteiger partial charge is 0.426 e. The van der Waals surface area contributed by atoms with Crippen molar-refractivity contribution >= 4 is 23.5 Å². The quantitative estimate of drug-likeness (QED) is 0.319. The van der Waals surface area contributed by atoms with E-state index >= 15 is 0 Å². The summed E-state index contributed by atoms with van der Waals surface area (Å²) >= 11 is 6.21. The molecule has 0 saturated heterocycles. The van der Waals surface area contributed by atoms with Gasteiger partial charge in [0.2, 0.25) is 0 Å². The lowest BCUT2D eigenvalue weighted by molar-refractivity contribution is -0.140. The molecule has 0 unspecified atom stereocenters. The van der Waals surface area contributed by atoms with Crippen molar-refractivity contribution in [3.63, 3.8) is 0 Å². The lowest BCUT2D eigenvalue weighted by Gasteiger charge is -2.27. The van der Waals surface area contributed by atoms with Crippen LogP contribution in [0.25, 0.3) is 0 Å². The van der Waals surface area contributed by atoms with Crippen LogP contribution < -0.4 is 15.8 Å². The summed E-state index contributed by atoms with van der Waals surface area (Å²) < 4.78 is 5.75. The SMILES string of the molecule is Cc1cc(OC(=O)[C@H]2CC[C@H](CNC(=N)N)CC2)c(C(C)C)cc1Cl. The van der Waals surface area contributed by atoms with Gasteiger partial charge in [-0.05, 0) is 67.7 Å². The summed E-state index contributed by atoms with van der Waals surface area (Å²) in [6, 6.07) is 3.76.